The SMILES string of the molecule is PN1SN(P)c2ccccc21. The molecule has 0 N–H and O–H groups in total. The van der Waals surface area contributed by atoms with E-state index in [2.05, 4.69) is 39.1 Å². The Hall–Kier alpha value is 0.0300. The molecule has 0 fully saturated rings. The summed E-state index contributed by atoms with van der Waals surface area (Å²) in [5.41, 5.74) is 2.47. The van der Waals surface area contributed by atoms with Crippen molar-refractivity contribution in [2.75, 3.05) is 8.15 Å². The molecule has 5 heteroatoms. The average Bonchev–Trinajstić information content (AvgIpc) is 2.30. The van der Waals surface area contributed by atoms with Gasteiger partial charge in [0.1, 0.15) is 0 Å². The van der Waals surface area contributed by atoms with Gasteiger partial charge in [0.05, 0.1) is 23.5 Å². The minimum atomic E-state index is 1.23. The summed E-state index contributed by atoms with van der Waals surface area (Å²) in [6, 6.07) is 8.28. The van der Waals surface area contributed by atoms with Gasteiger partial charge in [0.25, 0.3) is 0 Å². The Morgan fingerprint density at radius 3 is 1.91 bits per heavy atom. The highest BCUT2D eigenvalue weighted by atomic mass is 32.2. The van der Waals surface area contributed by atoms with Gasteiger partial charge in [-0.25, -0.2) is 0 Å². The fraction of sp³-hybridized carbons (Fsp3) is 0. The third kappa shape index (κ3) is 1.22. The predicted octanol–water partition coefficient (Wildman–Crippen LogP) is 2.46. The number of anilines is 2. The molecular formula is C6H8N2P2S. The van der Waals surface area contributed by atoms with Crippen molar-refractivity contribution < 1.29 is 0 Å². The number of rotatable bonds is 0. The number of benzene rings is 1. The number of nitrogens with zero attached hydrogens (tertiary/aromatic N) is 2. The second kappa shape index (κ2) is 2.82. The van der Waals surface area contributed by atoms with Gasteiger partial charge in [-0.15, -0.1) is 0 Å². The molecule has 58 valence electrons. The summed E-state index contributed by atoms with van der Waals surface area (Å²) in [6.07, 6.45) is 0. The lowest BCUT2D eigenvalue weighted by Gasteiger charge is -2.08. The third-order valence-corrected chi connectivity index (χ3v) is 3.40. The number of para-hydroxylation sites is 2. The zero-order valence-corrected chi connectivity index (χ0v) is 8.89. The van der Waals surface area contributed by atoms with Gasteiger partial charge in [0.15, 0.2) is 0 Å². The van der Waals surface area contributed by atoms with Crippen LogP contribution in [0.3, 0.4) is 0 Å². The molecule has 0 aromatic heterocycles. The van der Waals surface area contributed by atoms with Crippen LogP contribution in [0.25, 0.3) is 0 Å². The highest BCUT2D eigenvalue weighted by Crippen LogP contribution is 2.48. The molecule has 2 unspecified atom stereocenters. The van der Waals surface area contributed by atoms with Crippen LogP contribution in [-0.4, -0.2) is 0 Å². The van der Waals surface area contributed by atoms with E-state index in [4.69, 9.17) is 0 Å². The largest absolute Gasteiger partial charge is 0.281 e. The van der Waals surface area contributed by atoms with Crippen LogP contribution in [0.1, 0.15) is 0 Å². The molecule has 1 aromatic carbocycles. The Bertz CT molecular complexity index is 254. The number of fused-ring (bicyclic) bond motifs is 1. The highest BCUT2D eigenvalue weighted by molar-refractivity contribution is 8.08. The van der Waals surface area contributed by atoms with Crippen LogP contribution in [0.5, 0.6) is 0 Å². The van der Waals surface area contributed by atoms with Crippen molar-refractivity contribution in [3.05, 3.63) is 24.3 Å². The van der Waals surface area contributed by atoms with Crippen molar-refractivity contribution in [2.24, 2.45) is 0 Å². The summed E-state index contributed by atoms with van der Waals surface area (Å²) >= 11 is 1.64. The normalized spacial score (nSPS) is 15.5. The second-order valence-electron chi connectivity index (χ2n) is 2.22. The van der Waals surface area contributed by atoms with E-state index in [1.807, 2.05) is 12.1 Å². The van der Waals surface area contributed by atoms with Crippen molar-refractivity contribution in [2.45, 2.75) is 0 Å². The van der Waals surface area contributed by atoms with Crippen LogP contribution >= 0.6 is 30.9 Å². The first kappa shape index (κ1) is 7.67. The van der Waals surface area contributed by atoms with Gasteiger partial charge in [0, 0.05) is 0 Å². The molecular weight excluding hydrogens is 194 g/mol. The molecule has 1 aliphatic heterocycles. The molecule has 0 aliphatic carbocycles. The first-order valence-corrected chi connectivity index (χ1v) is 4.92. The van der Waals surface area contributed by atoms with Gasteiger partial charge in [-0.2, -0.15) is 0 Å². The van der Waals surface area contributed by atoms with E-state index in [9.17, 15) is 0 Å². The van der Waals surface area contributed by atoms with Crippen LogP contribution < -0.4 is 8.15 Å². The van der Waals surface area contributed by atoms with Gasteiger partial charge in [0.2, 0.25) is 0 Å². The molecule has 11 heavy (non-hydrogen) atoms. The smallest absolute Gasteiger partial charge is 0.0778 e. The number of hydrogen-bond acceptors (Lipinski definition) is 3. The van der Waals surface area contributed by atoms with E-state index in [0.29, 0.717) is 0 Å². The Morgan fingerprint density at radius 2 is 1.45 bits per heavy atom. The van der Waals surface area contributed by atoms with Gasteiger partial charge in [-0.3, -0.25) is 8.15 Å². The monoisotopic (exact) mass is 202 g/mol. The molecule has 0 saturated heterocycles. The van der Waals surface area contributed by atoms with Crippen molar-refractivity contribution in [3.8, 4) is 0 Å². The molecule has 1 aliphatic rings. The fourth-order valence-corrected chi connectivity index (χ4v) is 3.07. The Balaban J connectivity index is 2.52. The topological polar surface area (TPSA) is 6.48 Å². The highest BCUT2D eigenvalue weighted by Gasteiger charge is 2.20. The molecule has 2 rings (SSSR count). The summed E-state index contributed by atoms with van der Waals surface area (Å²) < 4.78 is 4.12. The van der Waals surface area contributed by atoms with E-state index in [1.54, 1.807) is 12.1 Å². The van der Waals surface area contributed by atoms with Crippen LogP contribution in [0.4, 0.5) is 11.4 Å². The first-order chi connectivity index (χ1) is 5.29. The summed E-state index contributed by atoms with van der Waals surface area (Å²) in [5, 5.41) is 0. The van der Waals surface area contributed by atoms with Gasteiger partial charge >= 0.3 is 0 Å². The van der Waals surface area contributed by atoms with E-state index >= 15 is 0 Å². The maximum atomic E-state index is 2.67. The number of hydrogen-bond donors (Lipinski definition) is 0. The minimum absolute atomic E-state index is 1.23. The molecule has 0 spiro atoms. The zero-order valence-electron chi connectivity index (χ0n) is 5.77. The van der Waals surface area contributed by atoms with Gasteiger partial charge in [-0.1, -0.05) is 12.1 Å². The molecule has 0 radical (unpaired) electrons. The lowest BCUT2D eigenvalue weighted by atomic mass is 10.3. The molecule has 0 amide bonds. The van der Waals surface area contributed by atoms with Crippen LogP contribution in [0.15, 0.2) is 24.3 Å². The summed E-state index contributed by atoms with van der Waals surface area (Å²) in [7, 11) is 5.33. The van der Waals surface area contributed by atoms with E-state index in [1.165, 1.54) is 11.4 Å². The Labute approximate surface area is 75.1 Å². The molecule has 1 aromatic rings. The van der Waals surface area contributed by atoms with Gasteiger partial charge < -0.3 is 0 Å². The van der Waals surface area contributed by atoms with E-state index < -0.39 is 0 Å². The van der Waals surface area contributed by atoms with E-state index in [-0.39, 0.29) is 0 Å². The first-order valence-electron chi connectivity index (χ1n) is 3.16. The van der Waals surface area contributed by atoms with Crippen molar-refractivity contribution in [1.82, 2.24) is 0 Å². The van der Waals surface area contributed by atoms with Crippen molar-refractivity contribution >= 4 is 42.3 Å². The van der Waals surface area contributed by atoms with Crippen LogP contribution in [0, 0.1) is 0 Å². The quantitative estimate of drug-likeness (QED) is 0.471. The van der Waals surface area contributed by atoms with Crippen LogP contribution in [-0.2, 0) is 0 Å². The maximum Gasteiger partial charge on any atom is 0.0778 e. The molecule has 2 nitrogen and oxygen atoms in total. The Kier molecular flexibility index (Phi) is 1.97. The average molecular weight is 202 g/mol. The Morgan fingerprint density at radius 1 is 1.00 bits per heavy atom. The molecule has 1 heterocycles. The fourth-order valence-electron chi connectivity index (χ4n) is 1.02. The lowest BCUT2D eigenvalue weighted by molar-refractivity contribution is 1.61. The minimum Gasteiger partial charge on any atom is -0.281 e. The predicted molar refractivity (Wildman–Crippen MR) is 58.4 cm³/mol. The van der Waals surface area contributed by atoms with Crippen molar-refractivity contribution in [1.29, 1.82) is 0 Å². The second-order valence-corrected chi connectivity index (χ2v) is 4.95. The maximum absolute atomic E-state index is 2.67. The van der Waals surface area contributed by atoms with Crippen molar-refractivity contribution in [3.63, 3.8) is 0 Å². The van der Waals surface area contributed by atoms with Gasteiger partial charge in [-0.05, 0) is 30.9 Å². The summed E-state index contributed by atoms with van der Waals surface area (Å²) in [4.78, 5) is 0. The molecule has 2 atom stereocenters. The molecule has 0 saturated carbocycles. The van der Waals surface area contributed by atoms with Crippen LogP contribution in [0.2, 0.25) is 0 Å². The lowest BCUT2D eigenvalue weighted by Crippen LogP contribution is -1.93. The summed E-state index contributed by atoms with van der Waals surface area (Å²) in [5.74, 6) is 0. The summed E-state index contributed by atoms with van der Waals surface area (Å²) in [6.45, 7) is 0. The van der Waals surface area contributed by atoms with E-state index in [0.717, 1.165) is 0 Å². The third-order valence-electron chi connectivity index (χ3n) is 1.53. The zero-order chi connectivity index (χ0) is 7.84. The molecule has 0 bridgehead atoms. The standard InChI is InChI=1S/C6H8N2P2S/c9-7-5-3-1-2-4-6(5)8(10)11-7/h1-4H,9-10H2.